The van der Waals surface area contributed by atoms with Gasteiger partial charge < -0.3 is 9.47 Å². The SMILES string of the molecule is CCCCCCCCCCCCCCCCCOC(=O)/C=C/C(=O)OC(C)CCCCCC. The number of esters is 2. The normalized spacial score (nSPS) is 12.2. The van der Waals surface area contributed by atoms with E-state index in [1.54, 1.807) is 0 Å². The van der Waals surface area contributed by atoms with Gasteiger partial charge in [0.15, 0.2) is 0 Å². The molecule has 4 nitrogen and oxygen atoms in total. The molecule has 1 atom stereocenters. The van der Waals surface area contributed by atoms with Crippen LogP contribution in [0.25, 0.3) is 0 Å². The highest BCUT2D eigenvalue weighted by Crippen LogP contribution is 2.13. The van der Waals surface area contributed by atoms with E-state index in [2.05, 4.69) is 13.8 Å². The fourth-order valence-electron chi connectivity index (χ4n) is 3.99. The van der Waals surface area contributed by atoms with Gasteiger partial charge in [-0.3, -0.25) is 0 Å². The smallest absolute Gasteiger partial charge is 0.331 e. The van der Waals surface area contributed by atoms with Gasteiger partial charge in [-0.2, -0.15) is 0 Å². The van der Waals surface area contributed by atoms with Gasteiger partial charge in [0.25, 0.3) is 0 Å². The molecule has 0 saturated heterocycles. The van der Waals surface area contributed by atoms with Gasteiger partial charge in [-0.25, -0.2) is 9.59 Å². The van der Waals surface area contributed by atoms with Crippen LogP contribution >= 0.6 is 0 Å². The summed E-state index contributed by atoms with van der Waals surface area (Å²) in [5.74, 6) is -0.935. The minimum absolute atomic E-state index is 0.115. The van der Waals surface area contributed by atoms with Gasteiger partial charge in [0.1, 0.15) is 0 Å². The maximum atomic E-state index is 11.8. The molecule has 194 valence electrons. The van der Waals surface area contributed by atoms with Gasteiger partial charge in [-0.15, -0.1) is 0 Å². The van der Waals surface area contributed by atoms with Crippen molar-refractivity contribution in [3.8, 4) is 0 Å². The predicted octanol–water partition coefficient (Wildman–Crippen LogP) is 8.86. The number of rotatable bonds is 24. The second kappa shape index (κ2) is 25.3. The van der Waals surface area contributed by atoms with Crippen molar-refractivity contribution >= 4 is 11.9 Å². The largest absolute Gasteiger partial charge is 0.463 e. The van der Waals surface area contributed by atoms with E-state index in [1.165, 1.54) is 115 Å². The number of hydrogen-bond acceptors (Lipinski definition) is 4. The monoisotopic (exact) mass is 466 g/mol. The Morgan fingerprint density at radius 1 is 0.576 bits per heavy atom. The molecule has 0 aliphatic heterocycles. The van der Waals surface area contributed by atoms with E-state index in [0.29, 0.717) is 6.61 Å². The molecule has 0 N–H and O–H groups in total. The van der Waals surface area contributed by atoms with Crippen LogP contribution in [0.15, 0.2) is 12.2 Å². The Bertz CT molecular complexity index is 472. The van der Waals surface area contributed by atoms with Crippen LogP contribution in [0.4, 0.5) is 0 Å². The van der Waals surface area contributed by atoms with Crippen molar-refractivity contribution in [1.29, 1.82) is 0 Å². The first-order chi connectivity index (χ1) is 16.1. The molecule has 0 aliphatic carbocycles. The molecule has 0 saturated carbocycles. The standard InChI is InChI=1S/C29H54O4/c1-4-6-8-10-11-12-13-14-15-16-17-18-19-20-22-26-32-28(30)24-25-29(31)33-27(3)23-21-9-7-5-2/h24-25,27H,4-23,26H2,1-3H3/b25-24+. The van der Waals surface area contributed by atoms with Crippen LogP contribution in [0.1, 0.15) is 149 Å². The fraction of sp³-hybridized carbons (Fsp3) is 0.862. The topological polar surface area (TPSA) is 52.6 Å². The van der Waals surface area contributed by atoms with E-state index in [1.807, 2.05) is 6.92 Å². The first-order valence-corrected chi connectivity index (χ1v) is 14.2. The minimum atomic E-state index is -0.470. The lowest BCUT2D eigenvalue weighted by Crippen LogP contribution is -2.13. The minimum Gasteiger partial charge on any atom is -0.463 e. The van der Waals surface area contributed by atoms with Crippen molar-refractivity contribution in [3.05, 3.63) is 12.2 Å². The third-order valence-electron chi connectivity index (χ3n) is 6.13. The molecule has 0 radical (unpaired) electrons. The van der Waals surface area contributed by atoms with E-state index in [0.717, 1.165) is 25.7 Å². The van der Waals surface area contributed by atoms with E-state index >= 15 is 0 Å². The molecule has 0 fully saturated rings. The zero-order chi connectivity index (χ0) is 24.4. The Morgan fingerprint density at radius 2 is 0.970 bits per heavy atom. The molecule has 0 rings (SSSR count). The van der Waals surface area contributed by atoms with Crippen LogP contribution in [0, 0.1) is 0 Å². The molecule has 0 aromatic carbocycles. The van der Waals surface area contributed by atoms with E-state index in [4.69, 9.17) is 9.47 Å². The Hall–Kier alpha value is -1.32. The van der Waals surface area contributed by atoms with Crippen LogP contribution in [0.2, 0.25) is 0 Å². The van der Waals surface area contributed by atoms with Gasteiger partial charge in [-0.05, 0) is 26.2 Å². The van der Waals surface area contributed by atoms with Crippen LogP contribution in [-0.2, 0) is 19.1 Å². The highest BCUT2D eigenvalue weighted by Gasteiger charge is 2.07. The second-order valence-electron chi connectivity index (χ2n) is 9.55. The van der Waals surface area contributed by atoms with Gasteiger partial charge in [0.2, 0.25) is 0 Å². The summed E-state index contributed by atoms with van der Waals surface area (Å²) in [6.45, 7) is 6.76. The lowest BCUT2D eigenvalue weighted by atomic mass is 10.0. The van der Waals surface area contributed by atoms with Crippen molar-refractivity contribution in [2.24, 2.45) is 0 Å². The first kappa shape index (κ1) is 31.7. The molecule has 0 bridgehead atoms. The predicted molar refractivity (Wildman–Crippen MR) is 139 cm³/mol. The number of unbranched alkanes of at least 4 members (excludes halogenated alkanes) is 17. The number of hydrogen-bond donors (Lipinski definition) is 0. The molecule has 0 heterocycles. The van der Waals surface area contributed by atoms with Crippen LogP contribution < -0.4 is 0 Å². The van der Waals surface area contributed by atoms with E-state index < -0.39 is 11.9 Å². The molecule has 0 amide bonds. The Balaban J connectivity index is 3.43. The van der Waals surface area contributed by atoms with Gasteiger partial charge in [0.05, 0.1) is 12.7 Å². The van der Waals surface area contributed by atoms with E-state index in [-0.39, 0.29) is 6.10 Å². The third kappa shape index (κ3) is 25.1. The molecular formula is C29H54O4. The first-order valence-electron chi connectivity index (χ1n) is 14.2. The van der Waals surface area contributed by atoms with Crippen molar-refractivity contribution in [2.75, 3.05) is 6.61 Å². The summed E-state index contributed by atoms with van der Waals surface area (Å²) >= 11 is 0. The summed E-state index contributed by atoms with van der Waals surface area (Å²) in [7, 11) is 0. The molecule has 1 unspecified atom stereocenters. The van der Waals surface area contributed by atoms with Crippen molar-refractivity contribution in [1.82, 2.24) is 0 Å². The Kier molecular flexibility index (Phi) is 24.3. The van der Waals surface area contributed by atoms with Crippen molar-refractivity contribution in [3.63, 3.8) is 0 Å². The highest BCUT2D eigenvalue weighted by atomic mass is 16.5. The molecule has 4 heteroatoms. The van der Waals surface area contributed by atoms with E-state index in [9.17, 15) is 9.59 Å². The van der Waals surface area contributed by atoms with Crippen molar-refractivity contribution < 1.29 is 19.1 Å². The second-order valence-corrected chi connectivity index (χ2v) is 9.55. The summed E-state index contributed by atoms with van der Waals surface area (Å²) in [4.78, 5) is 23.5. The van der Waals surface area contributed by atoms with Gasteiger partial charge in [0, 0.05) is 12.2 Å². The summed E-state index contributed by atoms with van der Waals surface area (Å²) < 4.78 is 10.5. The fourth-order valence-corrected chi connectivity index (χ4v) is 3.99. The number of carbonyl (C=O) groups excluding carboxylic acids is 2. The number of carbonyl (C=O) groups is 2. The van der Waals surface area contributed by atoms with Crippen molar-refractivity contribution in [2.45, 2.75) is 155 Å². The summed E-state index contributed by atoms with van der Waals surface area (Å²) in [5.41, 5.74) is 0. The molecule has 0 spiro atoms. The lowest BCUT2D eigenvalue weighted by molar-refractivity contribution is -0.143. The maximum Gasteiger partial charge on any atom is 0.331 e. The Labute approximate surface area is 205 Å². The lowest BCUT2D eigenvalue weighted by Gasteiger charge is -2.11. The average molecular weight is 467 g/mol. The molecular weight excluding hydrogens is 412 g/mol. The zero-order valence-electron chi connectivity index (χ0n) is 22.2. The summed E-state index contributed by atoms with van der Waals surface area (Å²) in [5, 5.41) is 0. The average Bonchev–Trinajstić information content (AvgIpc) is 2.80. The number of ether oxygens (including phenoxy) is 2. The quantitative estimate of drug-likeness (QED) is 0.0809. The van der Waals surface area contributed by atoms with Gasteiger partial charge >= 0.3 is 11.9 Å². The third-order valence-corrected chi connectivity index (χ3v) is 6.13. The summed E-state index contributed by atoms with van der Waals surface area (Å²) in [6.07, 6.45) is 27.4. The van der Waals surface area contributed by atoms with Crippen LogP contribution in [0.5, 0.6) is 0 Å². The highest BCUT2D eigenvalue weighted by molar-refractivity contribution is 5.91. The molecule has 0 aliphatic rings. The zero-order valence-corrected chi connectivity index (χ0v) is 22.2. The van der Waals surface area contributed by atoms with Crippen LogP contribution in [-0.4, -0.2) is 24.6 Å². The summed E-state index contributed by atoms with van der Waals surface area (Å²) in [6, 6.07) is 0. The van der Waals surface area contributed by atoms with Gasteiger partial charge in [-0.1, -0.05) is 123 Å². The molecule has 33 heavy (non-hydrogen) atoms. The maximum absolute atomic E-state index is 11.8. The van der Waals surface area contributed by atoms with Crippen LogP contribution in [0.3, 0.4) is 0 Å². The Morgan fingerprint density at radius 3 is 1.45 bits per heavy atom. The molecule has 0 aromatic rings. The molecule has 0 aromatic heterocycles.